The number of hydrogen-bond acceptors (Lipinski definition) is 9. The van der Waals surface area contributed by atoms with Crippen molar-refractivity contribution < 1.29 is 27.0 Å². The molecule has 3 atom stereocenters. The van der Waals surface area contributed by atoms with Crippen LogP contribution < -0.4 is 14.4 Å². The van der Waals surface area contributed by atoms with Crippen molar-refractivity contribution in [2.45, 2.75) is 66.0 Å². The van der Waals surface area contributed by atoms with Crippen LogP contribution in [-0.4, -0.2) is 47.0 Å². The zero-order valence-corrected chi connectivity index (χ0v) is 30.6. The van der Waals surface area contributed by atoms with E-state index in [-0.39, 0.29) is 35.6 Å². The maximum absolute atomic E-state index is 13.6. The minimum Gasteiger partial charge on any atom is -0.424 e. The van der Waals surface area contributed by atoms with Crippen molar-refractivity contribution in [3.8, 4) is 23.5 Å². The summed E-state index contributed by atoms with van der Waals surface area (Å²) in [7, 11) is 0. The predicted molar refractivity (Wildman–Crippen MR) is 184 cm³/mol. The first kappa shape index (κ1) is 35.8. The van der Waals surface area contributed by atoms with Crippen molar-refractivity contribution in [2.24, 2.45) is 17.8 Å². The molecular weight excluding hydrogens is 740 g/mol. The average molecular weight is 778 g/mol. The molecule has 0 amide bonds. The molecule has 0 N–H and O–H groups in total. The van der Waals surface area contributed by atoms with Crippen molar-refractivity contribution in [1.29, 1.82) is 0 Å². The van der Waals surface area contributed by atoms with Crippen molar-refractivity contribution >= 4 is 32.5 Å². The molecule has 3 aromatic heterocycles. The van der Waals surface area contributed by atoms with E-state index in [2.05, 4.69) is 46.3 Å². The standard InChI is InChI=1S/C23H27F2N5OS.C11H10BrF2N3O/c1-13(2)30-23(31-19-8-17(24)7-18(25)9-19)26-21(27-30)10-20-15-4-5-16(20)12-29(11-15)22-6-14(3)28-32-22;1-6(2)17-11(15-10(12)16-17)18-9-4-7(13)3-8(14)5-9/h6-9,13,15-16,20H,4-5,10-12H2,1-3H3;3-6H,1-2H3/t15-,16+,20?;. The summed E-state index contributed by atoms with van der Waals surface area (Å²) in [6.07, 6.45) is 3.24. The first-order valence-electron chi connectivity index (χ1n) is 16.3. The number of aromatic nitrogens is 7. The molecule has 50 heavy (non-hydrogen) atoms. The number of hydrogen-bond donors (Lipinski definition) is 0. The van der Waals surface area contributed by atoms with E-state index >= 15 is 0 Å². The Morgan fingerprint density at radius 3 is 1.74 bits per heavy atom. The molecule has 2 aliphatic rings. The lowest BCUT2D eigenvalue weighted by Crippen LogP contribution is -2.42. The number of aryl methyl sites for hydroxylation is 1. The van der Waals surface area contributed by atoms with Gasteiger partial charge in [0.2, 0.25) is 4.73 Å². The van der Waals surface area contributed by atoms with E-state index in [4.69, 9.17) is 14.6 Å². The van der Waals surface area contributed by atoms with Crippen LogP contribution in [-0.2, 0) is 6.42 Å². The summed E-state index contributed by atoms with van der Waals surface area (Å²) in [6.45, 7) is 11.9. The van der Waals surface area contributed by atoms with E-state index in [1.54, 1.807) is 16.2 Å². The largest absolute Gasteiger partial charge is 0.424 e. The van der Waals surface area contributed by atoms with Gasteiger partial charge in [0.05, 0.1) is 17.8 Å². The van der Waals surface area contributed by atoms with E-state index in [1.165, 1.54) is 22.5 Å². The third-order valence-corrected chi connectivity index (χ3v) is 9.94. The number of fused-ring (bicyclic) bond motifs is 2. The molecule has 266 valence electrons. The molecule has 1 saturated carbocycles. The highest BCUT2D eigenvalue weighted by molar-refractivity contribution is 9.10. The molecular formula is C34H37BrF4N8O2S. The summed E-state index contributed by atoms with van der Waals surface area (Å²) in [5.41, 5.74) is 1.08. The highest BCUT2D eigenvalue weighted by atomic mass is 79.9. The van der Waals surface area contributed by atoms with Gasteiger partial charge in [0.15, 0.2) is 5.82 Å². The Bertz CT molecular complexity index is 1900. The number of piperidine rings is 1. The van der Waals surface area contributed by atoms with Gasteiger partial charge in [-0.3, -0.25) is 0 Å². The van der Waals surface area contributed by atoms with Crippen molar-refractivity contribution in [1.82, 2.24) is 33.9 Å². The Kier molecular flexibility index (Phi) is 10.8. The molecule has 7 rings (SSSR count). The van der Waals surface area contributed by atoms with Crippen LogP contribution in [0, 0.1) is 47.9 Å². The van der Waals surface area contributed by atoms with Gasteiger partial charge >= 0.3 is 12.0 Å². The normalized spacial score (nSPS) is 18.5. The number of halogens is 5. The number of anilines is 1. The van der Waals surface area contributed by atoms with Gasteiger partial charge in [-0.1, -0.05) is 0 Å². The molecule has 2 bridgehead atoms. The Morgan fingerprint density at radius 2 is 1.26 bits per heavy atom. The van der Waals surface area contributed by atoms with E-state index in [9.17, 15) is 17.6 Å². The molecule has 2 aromatic carbocycles. The lowest BCUT2D eigenvalue weighted by atomic mass is 9.82. The topological polar surface area (TPSA) is 96.0 Å². The molecule has 2 fully saturated rings. The molecule has 0 radical (unpaired) electrons. The van der Waals surface area contributed by atoms with Gasteiger partial charge in [-0.2, -0.15) is 19.4 Å². The minimum atomic E-state index is -0.709. The molecule has 0 spiro atoms. The highest BCUT2D eigenvalue weighted by Gasteiger charge is 2.43. The fraction of sp³-hybridized carbons (Fsp3) is 0.441. The number of ether oxygens (including phenoxy) is 2. The minimum absolute atomic E-state index is 0.0113. The van der Waals surface area contributed by atoms with Gasteiger partial charge in [-0.25, -0.2) is 26.9 Å². The van der Waals surface area contributed by atoms with Gasteiger partial charge in [0.25, 0.3) is 0 Å². The summed E-state index contributed by atoms with van der Waals surface area (Å²) >= 11 is 4.70. The third-order valence-electron chi connectivity index (χ3n) is 8.66. The molecule has 1 unspecified atom stereocenters. The van der Waals surface area contributed by atoms with E-state index in [0.29, 0.717) is 22.5 Å². The van der Waals surface area contributed by atoms with Crippen LogP contribution in [0.5, 0.6) is 23.5 Å². The second-order valence-corrected chi connectivity index (χ2v) is 14.6. The number of rotatable bonds is 9. The Hall–Kier alpha value is -4.05. The predicted octanol–water partition coefficient (Wildman–Crippen LogP) is 9.09. The first-order valence-corrected chi connectivity index (χ1v) is 17.9. The third kappa shape index (κ3) is 8.45. The van der Waals surface area contributed by atoms with Gasteiger partial charge in [-0.15, -0.1) is 5.10 Å². The SMILES string of the molecule is CC(C)n1nc(Br)nc1Oc1cc(F)cc(F)c1.Cc1cc(N2C[C@H]3CC[C@@H](C2)C3Cc2nc(Oc3cc(F)cc(F)c3)n(C(C)C)n2)sn1. The summed E-state index contributed by atoms with van der Waals surface area (Å²) in [5.74, 6) is -0.208. The maximum atomic E-state index is 13.6. The van der Waals surface area contributed by atoms with Crippen LogP contribution in [0.25, 0.3) is 0 Å². The zero-order chi connectivity index (χ0) is 35.7. The summed E-state index contributed by atoms with van der Waals surface area (Å²) < 4.78 is 72.3. The monoisotopic (exact) mass is 776 g/mol. The second kappa shape index (κ2) is 15.1. The van der Waals surface area contributed by atoms with Gasteiger partial charge in [0.1, 0.15) is 39.8 Å². The summed E-state index contributed by atoms with van der Waals surface area (Å²) in [4.78, 5) is 11.1. The van der Waals surface area contributed by atoms with Crippen LogP contribution in [0.2, 0.25) is 0 Å². The lowest BCUT2D eigenvalue weighted by Gasteiger charge is -2.38. The average Bonchev–Trinajstić information content (AvgIpc) is 3.78. The Morgan fingerprint density at radius 1 is 0.760 bits per heavy atom. The molecule has 1 aliphatic carbocycles. The van der Waals surface area contributed by atoms with Crippen LogP contribution in [0.3, 0.4) is 0 Å². The van der Waals surface area contributed by atoms with E-state index < -0.39 is 23.3 Å². The molecule has 1 saturated heterocycles. The number of nitrogens with zero attached hydrogens (tertiary/aromatic N) is 8. The van der Waals surface area contributed by atoms with Crippen molar-refractivity contribution in [2.75, 3.05) is 18.0 Å². The highest BCUT2D eigenvalue weighted by Crippen LogP contribution is 2.45. The zero-order valence-electron chi connectivity index (χ0n) is 28.2. The van der Waals surface area contributed by atoms with E-state index in [0.717, 1.165) is 67.4 Å². The van der Waals surface area contributed by atoms with Crippen molar-refractivity contribution in [3.63, 3.8) is 0 Å². The van der Waals surface area contributed by atoms with Gasteiger partial charge in [-0.05, 0) is 98.7 Å². The van der Waals surface area contributed by atoms with Gasteiger partial charge in [0, 0.05) is 55.9 Å². The molecule has 1 aliphatic heterocycles. The van der Waals surface area contributed by atoms with Crippen LogP contribution in [0.4, 0.5) is 22.6 Å². The summed E-state index contributed by atoms with van der Waals surface area (Å²) in [5, 5.41) is 10.0. The quantitative estimate of drug-likeness (QED) is 0.137. The van der Waals surface area contributed by atoms with Crippen molar-refractivity contribution in [3.05, 3.63) is 82.0 Å². The van der Waals surface area contributed by atoms with Crippen LogP contribution >= 0.6 is 27.5 Å². The smallest absolute Gasteiger partial charge is 0.321 e. The maximum Gasteiger partial charge on any atom is 0.321 e. The molecule has 10 nitrogen and oxygen atoms in total. The lowest BCUT2D eigenvalue weighted by molar-refractivity contribution is 0.266. The Balaban J connectivity index is 0.000000204. The number of benzene rings is 2. The molecule has 4 heterocycles. The van der Waals surface area contributed by atoms with E-state index in [1.807, 2.05) is 34.6 Å². The fourth-order valence-electron chi connectivity index (χ4n) is 6.48. The van der Waals surface area contributed by atoms with Gasteiger partial charge < -0.3 is 14.4 Å². The molecule has 16 heteroatoms. The summed E-state index contributed by atoms with van der Waals surface area (Å²) in [6, 6.07) is 8.69. The Labute approximate surface area is 299 Å². The fourth-order valence-corrected chi connectivity index (χ4v) is 7.58. The second-order valence-electron chi connectivity index (χ2n) is 13.1. The molecule has 5 aromatic rings. The van der Waals surface area contributed by atoms with Crippen LogP contribution in [0.15, 0.2) is 47.2 Å². The van der Waals surface area contributed by atoms with Crippen LogP contribution in [0.1, 0.15) is 64.1 Å². The first-order chi connectivity index (χ1) is 23.8.